The smallest absolute Gasteiger partial charge is 0.192 e. The molecule has 2 bridgehead atoms. The van der Waals surface area contributed by atoms with Crippen molar-refractivity contribution < 1.29 is 13.6 Å². The van der Waals surface area contributed by atoms with Crippen LogP contribution in [0.15, 0.2) is 30.4 Å². The van der Waals surface area contributed by atoms with Crippen LogP contribution >= 0.6 is 11.6 Å². The third-order valence-electron chi connectivity index (χ3n) is 8.13. The van der Waals surface area contributed by atoms with E-state index in [0.29, 0.717) is 30.5 Å². The van der Waals surface area contributed by atoms with Crippen molar-refractivity contribution in [3.8, 4) is 0 Å². The summed E-state index contributed by atoms with van der Waals surface area (Å²) in [6.45, 7) is 23.6. The second-order valence-corrected chi connectivity index (χ2v) is 23.0. The fourth-order valence-corrected chi connectivity index (χ4v) is 5.86. The van der Waals surface area contributed by atoms with Gasteiger partial charge in [-0.2, -0.15) is 0 Å². The van der Waals surface area contributed by atoms with Gasteiger partial charge in [-0.25, -0.2) is 4.98 Å². The topological polar surface area (TPSA) is 66.6 Å². The van der Waals surface area contributed by atoms with Gasteiger partial charge < -0.3 is 19.3 Å². The maximum Gasteiger partial charge on any atom is 0.192 e. The summed E-state index contributed by atoms with van der Waals surface area (Å²) < 4.78 is 20.1. The fraction of sp³-hybridized carbons (Fsp3) is 0.654. The molecule has 1 aromatic rings. The summed E-state index contributed by atoms with van der Waals surface area (Å²) in [6.07, 6.45) is 7.15. The Hall–Kier alpha value is -0.966. The van der Waals surface area contributed by atoms with Crippen molar-refractivity contribution in [3.63, 3.8) is 0 Å². The molecule has 0 radical (unpaired) electrons. The molecule has 3 rings (SSSR count). The van der Waals surface area contributed by atoms with E-state index in [1.807, 2.05) is 12.1 Å². The van der Waals surface area contributed by atoms with Crippen LogP contribution in [0.25, 0.3) is 5.57 Å². The summed E-state index contributed by atoms with van der Waals surface area (Å²) in [6, 6.07) is 3.75. The van der Waals surface area contributed by atoms with Gasteiger partial charge in [-0.3, -0.25) is 0 Å². The number of hydrogen-bond acceptors (Lipinski definition) is 5. The summed E-state index contributed by atoms with van der Waals surface area (Å²) in [5.41, 5.74) is 7.08. The molecule has 2 aliphatic heterocycles. The molecule has 2 N–H and O–H groups in total. The standard InChI is InChI=1S/C26H43ClN2O3Si2/c1-23(2,3)33(7,8)30-17-25-13-14-26(32-25,18-31-34(9,10)24(4,5)6)16-19(15-25)21-12-11-20(28)22(27)29-21/h11-15H,16-18,28H2,1-10H3. The van der Waals surface area contributed by atoms with E-state index in [-0.39, 0.29) is 10.1 Å². The molecule has 8 heteroatoms. The number of rotatable bonds is 7. The molecule has 2 aliphatic rings. The summed E-state index contributed by atoms with van der Waals surface area (Å²) in [5.74, 6) is 0. The van der Waals surface area contributed by atoms with Crippen molar-refractivity contribution in [1.82, 2.24) is 4.98 Å². The average Bonchev–Trinajstić information content (AvgIpc) is 2.97. The first-order valence-corrected chi connectivity index (χ1v) is 18.3. The average molecular weight is 523 g/mol. The van der Waals surface area contributed by atoms with Crippen LogP contribution in [-0.2, 0) is 13.6 Å². The molecule has 0 aliphatic carbocycles. The Kier molecular flexibility index (Phi) is 7.19. The molecular weight excluding hydrogens is 480 g/mol. The largest absolute Gasteiger partial charge is 0.414 e. The monoisotopic (exact) mass is 522 g/mol. The number of aromatic nitrogens is 1. The lowest BCUT2D eigenvalue weighted by Gasteiger charge is -2.44. The van der Waals surface area contributed by atoms with Gasteiger partial charge in [0.25, 0.3) is 0 Å². The summed E-state index contributed by atoms with van der Waals surface area (Å²) in [4.78, 5) is 4.58. The number of nitrogen functional groups attached to an aromatic ring is 1. The zero-order valence-electron chi connectivity index (χ0n) is 22.6. The van der Waals surface area contributed by atoms with E-state index in [4.69, 9.17) is 30.9 Å². The van der Waals surface area contributed by atoms with Gasteiger partial charge in [0.15, 0.2) is 21.8 Å². The minimum atomic E-state index is -1.97. The minimum Gasteiger partial charge on any atom is -0.414 e. The Morgan fingerprint density at radius 3 is 2.06 bits per heavy atom. The van der Waals surface area contributed by atoms with Crippen LogP contribution in [0.1, 0.15) is 53.7 Å². The van der Waals surface area contributed by atoms with Crippen LogP contribution in [0.5, 0.6) is 0 Å². The predicted octanol–water partition coefficient (Wildman–Crippen LogP) is 7.21. The zero-order valence-corrected chi connectivity index (χ0v) is 25.4. The Balaban J connectivity index is 1.95. The van der Waals surface area contributed by atoms with Crippen molar-refractivity contribution in [2.75, 3.05) is 18.9 Å². The molecule has 2 atom stereocenters. The van der Waals surface area contributed by atoms with Crippen LogP contribution in [-0.4, -0.2) is 46.0 Å². The summed E-state index contributed by atoms with van der Waals surface area (Å²) in [7, 11) is -3.93. The van der Waals surface area contributed by atoms with Gasteiger partial charge in [-0.1, -0.05) is 59.2 Å². The van der Waals surface area contributed by atoms with Crippen molar-refractivity contribution in [3.05, 3.63) is 41.2 Å². The lowest BCUT2D eigenvalue weighted by molar-refractivity contribution is -0.105. The van der Waals surface area contributed by atoms with Gasteiger partial charge in [0.2, 0.25) is 0 Å². The number of nitrogens with zero attached hydrogens (tertiary/aromatic N) is 1. The number of anilines is 1. The van der Waals surface area contributed by atoms with E-state index in [1.54, 1.807) is 0 Å². The Bertz CT molecular complexity index is 995. The highest BCUT2D eigenvalue weighted by molar-refractivity contribution is 6.74. The normalized spacial score (nSPS) is 25.6. The lowest BCUT2D eigenvalue weighted by atomic mass is 9.90. The molecule has 190 valence electrons. The molecule has 5 nitrogen and oxygen atoms in total. The first kappa shape index (κ1) is 27.6. The highest BCUT2D eigenvalue weighted by atomic mass is 35.5. The van der Waals surface area contributed by atoms with E-state index in [2.05, 4.69) is 90.9 Å². The fourth-order valence-electron chi connectivity index (χ4n) is 3.65. The number of hydrogen-bond donors (Lipinski definition) is 1. The highest BCUT2D eigenvalue weighted by Crippen LogP contribution is 2.48. The molecule has 1 aromatic heterocycles. The third-order valence-corrected chi connectivity index (χ3v) is 17.4. The number of pyridine rings is 1. The maximum absolute atomic E-state index is 6.82. The van der Waals surface area contributed by atoms with Gasteiger partial charge in [0, 0.05) is 6.42 Å². The maximum atomic E-state index is 6.82. The van der Waals surface area contributed by atoms with Crippen LogP contribution in [0.3, 0.4) is 0 Å². The number of fused-ring (bicyclic) bond motifs is 2. The highest BCUT2D eigenvalue weighted by Gasteiger charge is 2.51. The van der Waals surface area contributed by atoms with Crippen molar-refractivity contribution in [2.45, 2.75) is 95.4 Å². The first-order valence-electron chi connectivity index (χ1n) is 12.1. The lowest BCUT2D eigenvalue weighted by Crippen LogP contribution is -2.51. The quantitative estimate of drug-likeness (QED) is 0.233. The van der Waals surface area contributed by atoms with Crippen LogP contribution in [0.2, 0.25) is 41.4 Å². The van der Waals surface area contributed by atoms with Gasteiger partial charge >= 0.3 is 0 Å². The molecule has 2 unspecified atom stereocenters. The van der Waals surface area contributed by atoms with E-state index in [9.17, 15) is 0 Å². The molecule has 0 aromatic carbocycles. The molecule has 3 heterocycles. The number of halogens is 1. The van der Waals surface area contributed by atoms with Crippen LogP contribution in [0.4, 0.5) is 5.69 Å². The molecule has 0 saturated heterocycles. The molecule has 0 amide bonds. The minimum absolute atomic E-state index is 0.113. The third kappa shape index (κ3) is 5.55. The van der Waals surface area contributed by atoms with Gasteiger partial charge in [0.1, 0.15) is 11.2 Å². The van der Waals surface area contributed by atoms with Gasteiger partial charge in [-0.15, -0.1) is 0 Å². The molecule has 0 fully saturated rings. The van der Waals surface area contributed by atoms with Crippen molar-refractivity contribution >= 4 is 39.5 Å². The predicted molar refractivity (Wildman–Crippen MR) is 148 cm³/mol. The molecule has 0 spiro atoms. The number of nitrogens with two attached hydrogens (primary N) is 1. The zero-order chi connectivity index (χ0) is 25.8. The Labute approximate surface area is 213 Å². The SMILES string of the molecule is CC(C)(C)[Si](C)(C)OCC12C=CC(CO[Si](C)(C)C(C)(C)C)(CC(c3ccc(N)c(Cl)n3)=C1)O2. The summed E-state index contributed by atoms with van der Waals surface area (Å²) >= 11 is 6.28. The van der Waals surface area contributed by atoms with Crippen molar-refractivity contribution in [1.29, 1.82) is 0 Å². The van der Waals surface area contributed by atoms with Gasteiger partial charge in [0.05, 0.1) is 24.6 Å². The molecule has 34 heavy (non-hydrogen) atoms. The van der Waals surface area contributed by atoms with Gasteiger partial charge in [-0.05, 0) is 66.1 Å². The van der Waals surface area contributed by atoms with Crippen molar-refractivity contribution in [2.24, 2.45) is 0 Å². The van der Waals surface area contributed by atoms with E-state index in [1.165, 1.54) is 0 Å². The molecular formula is C26H43ClN2O3Si2. The number of ether oxygens (including phenoxy) is 1. The second-order valence-electron chi connectivity index (χ2n) is 13.0. The summed E-state index contributed by atoms with van der Waals surface area (Å²) in [5, 5.41) is 0.554. The van der Waals surface area contributed by atoms with E-state index in [0.717, 1.165) is 11.3 Å². The van der Waals surface area contributed by atoms with E-state index >= 15 is 0 Å². The van der Waals surface area contributed by atoms with Crippen LogP contribution < -0.4 is 5.73 Å². The second kappa shape index (κ2) is 8.85. The van der Waals surface area contributed by atoms with Crippen LogP contribution in [0, 0.1) is 0 Å². The van der Waals surface area contributed by atoms with E-state index < -0.39 is 27.8 Å². The first-order chi connectivity index (χ1) is 15.3. The Morgan fingerprint density at radius 1 is 0.971 bits per heavy atom. The Morgan fingerprint density at radius 2 is 1.53 bits per heavy atom. The molecule has 0 saturated carbocycles.